The van der Waals surface area contributed by atoms with Crippen molar-refractivity contribution in [1.82, 2.24) is 9.62 Å². The number of likely N-dealkylation sites (tertiary alicyclic amines) is 1. The predicted molar refractivity (Wildman–Crippen MR) is 96.5 cm³/mol. The van der Waals surface area contributed by atoms with Gasteiger partial charge in [0.05, 0.1) is 16.5 Å². The molecular formula is C17H20N2O4S2. The van der Waals surface area contributed by atoms with Crippen molar-refractivity contribution >= 4 is 27.3 Å². The van der Waals surface area contributed by atoms with E-state index in [2.05, 4.69) is 9.62 Å². The smallest absolute Gasteiger partial charge is 0.335 e. The molecule has 1 aromatic heterocycles. The van der Waals surface area contributed by atoms with Crippen molar-refractivity contribution in [2.45, 2.75) is 23.8 Å². The Bertz CT molecular complexity index is 811. The van der Waals surface area contributed by atoms with Crippen LogP contribution in [0.3, 0.4) is 0 Å². The van der Waals surface area contributed by atoms with Crippen molar-refractivity contribution in [3.63, 3.8) is 0 Å². The fourth-order valence-electron chi connectivity index (χ4n) is 2.99. The highest BCUT2D eigenvalue weighted by Gasteiger charge is 2.26. The van der Waals surface area contributed by atoms with Gasteiger partial charge in [-0.25, -0.2) is 17.9 Å². The van der Waals surface area contributed by atoms with E-state index in [1.807, 2.05) is 17.5 Å². The minimum Gasteiger partial charge on any atom is -0.478 e. The molecule has 8 heteroatoms. The van der Waals surface area contributed by atoms with Gasteiger partial charge in [-0.05, 0) is 61.6 Å². The van der Waals surface area contributed by atoms with Crippen LogP contribution in [0.2, 0.25) is 0 Å². The molecule has 1 fully saturated rings. The number of hydrogen-bond acceptors (Lipinski definition) is 5. The molecule has 0 amide bonds. The third-order valence-electron chi connectivity index (χ3n) is 4.33. The Morgan fingerprint density at radius 3 is 2.44 bits per heavy atom. The topological polar surface area (TPSA) is 86.7 Å². The molecule has 0 aliphatic carbocycles. The van der Waals surface area contributed by atoms with Crippen LogP contribution in [0.1, 0.15) is 34.1 Å². The summed E-state index contributed by atoms with van der Waals surface area (Å²) in [6.45, 7) is 2.23. The van der Waals surface area contributed by atoms with Crippen LogP contribution in [0, 0.1) is 0 Å². The minimum atomic E-state index is -3.68. The Balaban J connectivity index is 1.73. The number of rotatable bonds is 7. The minimum absolute atomic E-state index is 0.0237. The lowest BCUT2D eigenvalue weighted by atomic mass is 10.2. The van der Waals surface area contributed by atoms with Gasteiger partial charge in [0.2, 0.25) is 10.0 Å². The average molecular weight is 380 g/mol. The number of carboxylic acids is 1. The SMILES string of the molecule is O=C(O)c1ccc(S(=O)(=O)NCC(c2cccs2)N2CCCC2)cc1. The maximum Gasteiger partial charge on any atom is 0.335 e. The van der Waals surface area contributed by atoms with E-state index in [0.717, 1.165) is 30.8 Å². The lowest BCUT2D eigenvalue weighted by Gasteiger charge is -2.26. The molecule has 3 rings (SSSR count). The third kappa shape index (κ3) is 4.27. The highest BCUT2D eigenvalue weighted by Crippen LogP contribution is 2.28. The molecule has 1 saturated heterocycles. The summed E-state index contributed by atoms with van der Waals surface area (Å²) in [5.41, 5.74) is 0.0625. The fourth-order valence-corrected chi connectivity index (χ4v) is 4.89. The van der Waals surface area contributed by atoms with Crippen molar-refractivity contribution in [3.8, 4) is 0 Å². The lowest BCUT2D eigenvalue weighted by molar-refractivity contribution is 0.0696. The number of nitrogens with zero attached hydrogens (tertiary/aromatic N) is 1. The van der Waals surface area contributed by atoms with Gasteiger partial charge < -0.3 is 5.11 Å². The first kappa shape index (κ1) is 18.1. The van der Waals surface area contributed by atoms with Gasteiger partial charge in [0, 0.05) is 11.4 Å². The number of carboxylic acid groups (broad SMARTS) is 1. The Kier molecular flexibility index (Phi) is 5.53. The molecule has 6 nitrogen and oxygen atoms in total. The van der Waals surface area contributed by atoms with Crippen LogP contribution in [-0.2, 0) is 10.0 Å². The summed E-state index contributed by atoms with van der Waals surface area (Å²) in [4.78, 5) is 14.4. The molecule has 1 aliphatic rings. The van der Waals surface area contributed by atoms with Crippen molar-refractivity contribution in [2.24, 2.45) is 0 Å². The summed E-state index contributed by atoms with van der Waals surface area (Å²) in [5, 5.41) is 10.9. The van der Waals surface area contributed by atoms with Gasteiger partial charge >= 0.3 is 5.97 Å². The van der Waals surface area contributed by atoms with Crippen molar-refractivity contribution in [3.05, 3.63) is 52.2 Å². The second-order valence-electron chi connectivity index (χ2n) is 5.96. The number of sulfonamides is 1. The summed E-state index contributed by atoms with van der Waals surface area (Å²) in [6, 6.07) is 9.27. The molecule has 2 N–H and O–H groups in total. The van der Waals surface area contributed by atoms with Crippen LogP contribution >= 0.6 is 11.3 Å². The fraction of sp³-hybridized carbons (Fsp3) is 0.353. The summed E-state index contributed by atoms with van der Waals surface area (Å²) >= 11 is 1.63. The molecule has 2 aromatic rings. The van der Waals surface area contributed by atoms with Gasteiger partial charge in [-0.2, -0.15) is 0 Å². The van der Waals surface area contributed by atoms with E-state index < -0.39 is 16.0 Å². The number of nitrogens with one attached hydrogen (secondary N) is 1. The van der Waals surface area contributed by atoms with Crippen LogP contribution < -0.4 is 4.72 Å². The van der Waals surface area contributed by atoms with Crippen molar-refractivity contribution < 1.29 is 18.3 Å². The number of benzene rings is 1. The Morgan fingerprint density at radius 1 is 1.20 bits per heavy atom. The molecule has 0 radical (unpaired) electrons. The second kappa shape index (κ2) is 7.65. The Hall–Kier alpha value is -1.74. The first-order chi connectivity index (χ1) is 12.0. The number of aromatic carboxylic acids is 1. The van der Waals surface area contributed by atoms with Crippen LogP contribution in [-0.4, -0.2) is 44.0 Å². The van der Waals surface area contributed by atoms with Crippen LogP contribution in [0.4, 0.5) is 0 Å². The van der Waals surface area contributed by atoms with Crippen molar-refractivity contribution in [2.75, 3.05) is 19.6 Å². The largest absolute Gasteiger partial charge is 0.478 e. The molecule has 1 aliphatic heterocycles. The normalized spacial score (nSPS) is 16.8. The van der Waals surface area contributed by atoms with Gasteiger partial charge in [0.15, 0.2) is 0 Å². The summed E-state index contributed by atoms with van der Waals surface area (Å²) in [6.07, 6.45) is 2.26. The molecule has 134 valence electrons. The molecule has 0 saturated carbocycles. The highest BCUT2D eigenvalue weighted by molar-refractivity contribution is 7.89. The molecule has 0 bridgehead atoms. The average Bonchev–Trinajstić information content (AvgIpc) is 3.29. The van der Waals surface area contributed by atoms with Crippen LogP contribution in [0.5, 0.6) is 0 Å². The first-order valence-electron chi connectivity index (χ1n) is 8.08. The summed E-state index contributed by atoms with van der Waals surface area (Å²) < 4.78 is 27.7. The number of thiophene rings is 1. The summed E-state index contributed by atoms with van der Waals surface area (Å²) in [5.74, 6) is -1.08. The van der Waals surface area contributed by atoms with E-state index in [4.69, 9.17) is 5.11 Å². The monoisotopic (exact) mass is 380 g/mol. The standard InChI is InChI=1S/C17H20N2O4S2/c20-17(21)13-5-7-14(8-6-13)25(22,23)18-12-15(16-4-3-11-24-16)19-9-1-2-10-19/h3-8,11,15,18H,1-2,9-10,12H2,(H,20,21). The molecule has 1 unspecified atom stereocenters. The van der Waals surface area contributed by atoms with E-state index >= 15 is 0 Å². The third-order valence-corrected chi connectivity index (χ3v) is 6.74. The molecule has 25 heavy (non-hydrogen) atoms. The van der Waals surface area contributed by atoms with E-state index in [0.29, 0.717) is 6.54 Å². The Labute approximate surface area is 151 Å². The van der Waals surface area contributed by atoms with E-state index in [-0.39, 0.29) is 16.5 Å². The van der Waals surface area contributed by atoms with E-state index in [1.54, 1.807) is 11.3 Å². The zero-order valence-corrected chi connectivity index (χ0v) is 15.2. The Morgan fingerprint density at radius 2 is 1.88 bits per heavy atom. The van der Waals surface area contributed by atoms with Crippen molar-refractivity contribution in [1.29, 1.82) is 0 Å². The zero-order valence-electron chi connectivity index (χ0n) is 13.6. The van der Waals surface area contributed by atoms with Gasteiger partial charge in [-0.1, -0.05) is 6.07 Å². The van der Waals surface area contributed by atoms with Crippen LogP contribution in [0.25, 0.3) is 0 Å². The van der Waals surface area contributed by atoms with Gasteiger partial charge in [-0.3, -0.25) is 4.90 Å². The second-order valence-corrected chi connectivity index (χ2v) is 8.70. The van der Waals surface area contributed by atoms with E-state index in [1.165, 1.54) is 24.3 Å². The maximum absolute atomic E-state index is 12.5. The first-order valence-corrected chi connectivity index (χ1v) is 10.4. The number of carbonyl (C=O) groups is 1. The molecular weight excluding hydrogens is 360 g/mol. The van der Waals surface area contributed by atoms with Gasteiger partial charge in [-0.15, -0.1) is 11.3 Å². The van der Waals surface area contributed by atoms with Gasteiger partial charge in [0.1, 0.15) is 0 Å². The number of hydrogen-bond donors (Lipinski definition) is 2. The maximum atomic E-state index is 12.5. The highest BCUT2D eigenvalue weighted by atomic mass is 32.2. The van der Waals surface area contributed by atoms with Crippen LogP contribution in [0.15, 0.2) is 46.7 Å². The molecule has 1 atom stereocenters. The van der Waals surface area contributed by atoms with E-state index in [9.17, 15) is 13.2 Å². The summed E-state index contributed by atoms with van der Waals surface area (Å²) in [7, 11) is -3.68. The molecule has 0 spiro atoms. The quantitative estimate of drug-likeness (QED) is 0.771. The molecule has 1 aromatic carbocycles. The lowest BCUT2D eigenvalue weighted by Crippen LogP contribution is -2.36. The van der Waals surface area contributed by atoms with Gasteiger partial charge in [0.25, 0.3) is 0 Å². The zero-order chi connectivity index (χ0) is 17.9. The molecule has 2 heterocycles. The predicted octanol–water partition coefficient (Wildman–Crippen LogP) is 2.56.